The molecule has 0 unspecified atom stereocenters. The van der Waals surface area contributed by atoms with Gasteiger partial charge in [-0.1, -0.05) is 11.6 Å². The average Bonchev–Trinajstić information content (AvgIpc) is 2.40. The van der Waals surface area contributed by atoms with Gasteiger partial charge in [-0.05, 0) is 24.8 Å². The Bertz CT molecular complexity index is 738. The summed E-state index contributed by atoms with van der Waals surface area (Å²) in [7, 11) is 0. The van der Waals surface area contributed by atoms with Gasteiger partial charge in [-0.2, -0.15) is 0 Å². The Kier molecular flexibility index (Phi) is 4.39. The van der Waals surface area contributed by atoms with Gasteiger partial charge in [0.05, 0.1) is 15.5 Å². The Morgan fingerprint density at radius 1 is 1.48 bits per heavy atom. The standard InChI is InChI=1S/C12H8ClN3O4S/c1-6-2-3-14-12(15-6)21-10-8(11(17)18)4-7(16(19)20)5-9(10)13/h2-5H,1H3,(H,17,18). The van der Waals surface area contributed by atoms with Crippen LogP contribution in [0.4, 0.5) is 5.69 Å². The first kappa shape index (κ1) is 15.2. The molecule has 21 heavy (non-hydrogen) atoms. The lowest BCUT2D eigenvalue weighted by molar-refractivity contribution is -0.384. The summed E-state index contributed by atoms with van der Waals surface area (Å²) in [5.41, 5.74) is 0.0682. The van der Waals surface area contributed by atoms with Gasteiger partial charge in [0, 0.05) is 28.9 Å². The molecule has 1 aromatic carbocycles. The van der Waals surface area contributed by atoms with Crippen LogP contribution in [0.25, 0.3) is 0 Å². The number of hydrogen-bond donors (Lipinski definition) is 1. The van der Waals surface area contributed by atoms with E-state index in [2.05, 4.69) is 9.97 Å². The van der Waals surface area contributed by atoms with Crippen molar-refractivity contribution in [2.45, 2.75) is 17.0 Å². The molecule has 0 amide bonds. The first-order valence-electron chi connectivity index (χ1n) is 5.57. The number of non-ortho nitro benzene ring substituents is 1. The normalized spacial score (nSPS) is 10.4. The van der Waals surface area contributed by atoms with Gasteiger partial charge in [0.15, 0.2) is 5.16 Å². The molecule has 0 radical (unpaired) electrons. The van der Waals surface area contributed by atoms with E-state index in [1.54, 1.807) is 13.0 Å². The van der Waals surface area contributed by atoms with Gasteiger partial charge in [0.25, 0.3) is 5.69 Å². The number of aromatic nitrogens is 2. The molecular formula is C12H8ClN3O4S. The van der Waals surface area contributed by atoms with Gasteiger partial charge in [0.1, 0.15) is 0 Å². The Morgan fingerprint density at radius 2 is 2.19 bits per heavy atom. The van der Waals surface area contributed by atoms with Gasteiger partial charge in [-0.3, -0.25) is 10.1 Å². The molecule has 0 spiro atoms. The lowest BCUT2D eigenvalue weighted by Crippen LogP contribution is -2.02. The van der Waals surface area contributed by atoms with Crippen LogP contribution in [0.1, 0.15) is 16.1 Å². The number of carbonyl (C=O) groups is 1. The fraction of sp³-hybridized carbons (Fsp3) is 0.0833. The van der Waals surface area contributed by atoms with E-state index in [0.29, 0.717) is 10.9 Å². The van der Waals surface area contributed by atoms with Crippen molar-refractivity contribution in [2.24, 2.45) is 0 Å². The largest absolute Gasteiger partial charge is 0.478 e. The Labute approximate surface area is 128 Å². The van der Waals surface area contributed by atoms with Crippen molar-refractivity contribution in [3.8, 4) is 0 Å². The van der Waals surface area contributed by atoms with Gasteiger partial charge in [-0.15, -0.1) is 0 Å². The molecule has 1 N–H and O–H groups in total. The van der Waals surface area contributed by atoms with E-state index >= 15 is 0 Å². The third-order valence-electron chi connectivity index (χ3n) is 2.44. The van der Waals surface area contributed by atoms with Crippen molar-refractivity contribution in [3.63, 3.8) is 0 Å². The third kappa shape index (κ3) is 3.47. The molecule has 0 atom stereocenters. The van der Waals surface area contributed by atoms with Crippen LogP contribution in [-0.2, 0) is 0 Å². The van der Waals surface area contributed by atoms with E-state index in [4.69, 9.17) is 11.6 Å². The zero-order valence-corrected chi connectivity index (χ0v) is 12.2. The molecule has 108 valence electrons. The zero-order valence-electron chi connectivity index (χ0n) is 10.6. The van der Waals surface area contributed by atoms with Crippen LogP contribution in [-0.4, -0.2) is 26.0 Å². The molecule has 1 heterocycles. The molecule has 7 nitrogen and oxygen atoms in total. The molecule has 0 saturated carbocycles. The van der Waals surface area contributed by atoms with Crippen LogP contribution in [0.15, 0.2) is 34.4 Å². The van der Waals surface area contributed by atoms with Crippen molar-refractivity contribution in [2.75, 3.05) is 0 Å². The quantitative estimate of drug-likeness (QED) is 0.522. The summed E-state index contributed by atoms with van der Waals surface area (Å²) >= 11 is 6.91. The maximum absolute atomic E-state index is 11.3. The number of aromatic carboxylic acids is 1. The van der Waals surface area contributed by atoms with Crippen molar-refractivity contribution < 1.29 is 14.8 Å². The number of rotatable bonds is 4. The number of carboxylic acids is 1. The van der Waals surface area contributed by atoms with Crippen molar-refractivity contribution in [3.05, 3.63) is 50.8 Å². The van der Waals surface area contributed by atoms with Gasteiger partial charge < -0.3 is 5.11 Å². The topological polar surface area (TPSA) is 106 Å². The van der Waals surface area contributed by atoms with E-state index in [0.717, 1.165) is 23.9 Å². The highest BCUT2D eigenvalue weighted by atomic mass is 35.5. The fourth-order valence-electron chi connectivity index (χ4n) is 1.51. The molecule has 1 aromatic heterocycles. The summed E-state index contributed by atoms with van der Waals surface area (Å²) in [5.74, 6) is -1.31. The summed E-state index contributed by atoms with van der Waals surface area (Å²) in [5, 5.41) is 20.2. The lowest BCUT2D eigenvalue weighted by Gasteiger charge is -2.07. The van der Waals surface area contributed by atoms with E-state index in [-0.39, 0.29) is 21.2 Å². The summed E-state index contributed by atoms with van der Waals surface area (Å²) in [6.07, 6.45) is 1.53. The molecule has 2 aromatic rings. The summed E-state index contributed by atoms with van der Waals surface area (Å²) in [6, 6.07) is 3.76. The average molecular weight is 326 g/mol. The molecule has 0 aliphatic heterocycles. The van der Waals surface area contributed by atoms with Crippen molar-refractivity contribution >= 4 is 35.0 Å². The van der Waals surface area contributed by atoms with Crippen LogP contribution in [0.5, 0.6) is 0 Å². The predicted molar refractivity (Wildman–Crippen MR) is 76.0 cm³/mol. The SMILES string of the molecule is Cc1ccnc(Sc2c(Cl)cc([N+](=O)[O-])cc2C(=O)O)n1. The molecular weight excluding hydrogens is 318 g/mol. The third-order valence-corrected chi connectivity index (χ3v) is 3.87. The minimum Gasteiger partial charge on any atom is -0.478 e. The number of halogens is 1. The maximum atomic E-state index is 11.3. The number of aryl methyl sites for hydroxylation is 1. The van der Waals surface area contributed by atoms with E-state index in [1.807, 2.05) is 0 Å². The summed E-state index contributed by atoms with van der Waals surface area (Å²) in [4.78, 5) is 29.6. The molecule has 0 aliphatic rings. The minimum atomic E-state index is -1.31. The van der Waals surface area contributed by atoms with E-state index in [1.165, 1.54) is 6.20 Å². The fourth-order valence-corrected chi connectivity index (χ4v) is 2.74. The Balaban J connectivity index is 2.52. The summed E-state index contributed by atoms with van der Waals surface area (Å²) in [6.45, 7) is 1.77. The van der Waals surface area contributed by atoms with Crippen LogP contribution < -0.4 is 0 Å². The van der Waals surface area contributed by atoms with Gasteiger partial charge in [0.2, 0.25) is 0 Å². The lowest BCUT2D eigenvalue weighted by atomic mass is 10.2. The highest BCUT2D eigenvalue weighted by Gasteiger charge is 2.21. The van der Waals surface area contributed by atoms with E-state index in [9.17, 15) is 20.0 Å². The molecule has 0 bridgehead atoms. The number of hydrogen-bond acceptors (Lipinski definition) is 6. The number of nitro groups is 1. The number of nitro benzene ring substituents is 1. The van der Waals surface area contributed by atoms with Crippen molar-refractivity contribution in [1.29, 1.82) is 0 Å². The second-order valence-electron chi connectivity index (χ2n) is 3.95. The Morgan fingerprint density at radius 3 is 2.76 bits per heavy atom. The molecule has 0 saturated heterocycles. The molecule has 0 fully saturated rings. The smallest absolute Gasteiger partial charge is 0.337 e. The van der Waals surface area contributed by atoms with Gasteiger partial charge in [-0.25, -0.2) is 14.8 Å². The minimum absolute atomic E-state index is 0.0308. The summed E-state index contributed by atoms with van der Waals surface area (Å²) < 4.78 is 0. The number of benzene rings is 1. The van der Waals surface area contributed by atoms with Crippen LogP contribution in [0.2, 0.25) is 5.02 Å². The molecule has 2 rings (SSSR count). The highest BCUT2D eigenvalue weighted by Crippen LogP contribution is 2.37. The van der Waals surface area contributed by atoms with E-state index < -0.39 is 10.9 Å². The predicted octanol–water partition coefficient (Wildman–Crippen LogP) is 3.20. The number of carboxylic acid groups (broad SMARTS) is 1. The molecule has 9 heteroatoms. The number of nitrogens with zero attached hydrogens (tertiary/aromatic N) is 3. The van der Waals surface area contributed by atoms with Crippen molar-refractivity contribution in [1.82, 2.24) is 9.97 Å². The second-order valence-corrected chi connectivity index (χ2v) is 5.33. The highest BCUT2D eigenvalue weighted by molar-refractivity contribution is 7.99. The second kappa shape index (κ2) is 6.06. The van der Waals surface area contributed by atoms with Gasteiger partial charge >= 0.3 is 5.97 Å². The monoisotopic (exact) mass is 325 g/mol. The van der Waals surface area contributed by atoms with Crippen LogP contribution in [0, 0.1) is 17.0 Å². The Hall–Kier alpha value is -2.19. The maximum Gasteiger partial charge on any atom is 0.337 e. The first-order valence-corrected chi connectivity index (χ1v) is 6.76. The van der Waals surface area contributed by atoms with Crippen LogP contribution in [0.3, 0.4) is 0 Å². The zero-order chi connectivity index (χ0) is 15.6. The molecule has 0 aliphatic carbocycles. The van der Waals surface area contributed by atoms with Crippen LogP contribution >= 0.6 is 23.4 Å². The first-order chi connectivity index (χ1) is 9.88.